The maximum atomic E-state index is 11.8. The van der Waals surface area contributed by atoms with Crippen LogP contribution in [-0.4, -0.2) is 49.6 Å². The van der Waals surface area contributed by atoms with Crippen LogP contribution >= 0.6 is 11.6 Å². The molecule has 7 heteroatoms. The first kappa shape index (κ1) is 21.4. The van der Waals surface area contributed by atoms with Crippen molar-refractivity contribution in [2.45, 2.75) is 32.6 Å². The fourth-order valence-corrected chi connectivity index (χ4v) is 3.87. The van der Waals surface area contributed by atoms with E-state index in [1.54, 1.807) is 6.92 Å². The van der Waals surface area contributed by atoms with Crippen LogP contribution in [0.2, 0.25) is 0 Å². The second-order valence-electron chi connectivity index (χ2n) is 6.89. The molecule has 156 valence electrons. The number of benzene rings is 1. The number of carbonyl (C=O) groups excluding carboxylic acids is 1. The first-order valence-corrected chi connectivity index (χ1v) is 10.6. The lowest BCUT2D eigenvalue weighted by atomic mass is 10.0. The predicted molar refractivity (Wildman–Crippen MR) is 115 cm³/mol. The van der Waals surface area contributed by atoms with E-state index in [9.17, 15) is 4.79 Å². The number of halogens is 1. The number of rotatable bonds is 5. The third-order valence-corrected chi connectivity index (χ3v) is 5.34. The van der Waals surface area contributed by atoms with Gasteiger partial charge in [-0.15, -0.1) is 0 Å². The molecule has 1 fully saturated rings. The van der Waals surface area contributed by atoms with E-state index in [1.165, 1.54) is 0 Å². The van der Waals surface area contributed by atoms with Gasteiger partial charge in [0, 0.05) is 24.4 Å². The van der Waals surface area contributed by atoms with Gasteiger partial charge in [0.25, 0.3) is 0 Å². The van der Waals surface area contributed by atoms with Crippen LogP contribution in [0.25, 0.3) is 0 Å². The van der Waals surface area contributed by atoms with Crippen molar-refractivity contribution >= 4 is 23.4 Å². The third-order valence-electron chi connectivity index (χ3n) is 4.93. The molecule has 29 heavy (non-hydrogen) atoms. The van der Waals surface area contributed by atoms with Gasteiger partial charge in [-0.2, -0.15) is 5.10 Å². The summed E-state index contributed by atoms with van der Waals surface area (Å²) in [6.45, 7) is 5.15. The van der Waals surface area contributed by atoms with Gasteiger partial charge < -0.3 is 14.4 Å². The molecule has 2 aliphatic rings. The van der Waals surface area contributed by atoms with Crippen LogP contribution in [0.15, 0.2) is 57.8 Å². The number of hydrazone groups is 1. The minimum absolute atomic E-state index is 0.279. The Labute approximate surface area is 177 Å². The summed E-state index contributed by atoms with van der Waals surface area (Å²) in [6, 6.07) is 9.66. The molecular formula is C22H28ClN3O3. The molecular weight excluding hydrogens is 390 g/mol. The highest BCUT2D eigenvalue weighted by Gasteiger charge is 2.23. The van der Waals surface area contributed by atoms with Gasteiger partial charge in [0.05, 0.1) is 24.9 Å². The number of ether oxygens (including phenoxy) is 2. The topological polar surface area (TPSA) is 63.2 Å². The number of hydrogen-bond acceptors (Lipinski definition) is 5. The molecule has 0 unspecified atom stereocenters. The van der Waals surface area contributed by atoms with Gasteiger partial charge in [-0.3, -0.25) is 0 Å². The highest BCUT2D eigenvalue weighted by Crippen LogP contribution is 2.32. The van der Waals surface area contributed by atoms with Crippen molar-refractivity contribution in [1.82, 2.24) is 10.3 Å². The Hall–Kier alpha value is -2.31. The fraction of sp³-hybridized carbons (Fsp3) is 0.455. The zero-order valence-electron chi connectivity index (χ0n) is 16.8. The maximum absolute atomic E-state index is 11.8. The first-order valence-electron chi connectivity index (χ1n) is 10.2. The Morgan fingerprint density at radius 2 is 2.00 bits per heavy atom. The highest BCUT2D eigenvalue weighted by molar-refractivity contribution is 6.47. The van der Waals surface area contributed by atoms with Gasteiger partial charge in [-0.25, -0.2) is 10.2 Å². The quantitative estimate of drug-likeness (QED) is 0.569. The van der Waals surface area contributed by atoms with Gasteiger partial charge >= 0.3 is 6.09 Å². The monoisotopic (exact) mass is 417 g/mol. The van der Waals surface area contributed by atoms with Crippen molar-refractivity contribution in [1.29, 1.82) is 0 Å². The van der Waals surface area contributed by atoms with E-state index in [1.807, 2.05) is 30.3 Å². The van der Waals surface area contributed by atoms with Crippen LogP contribution in [-0.2, 0) is 9.47 Å². The average molecular weight is 418 g/mol. The minimum atomic E-state index is -0.597. The maximum Gasteiger partial charge on any atom is 0.427 e. The molecule has 0 atom stereocenters. The molecule has 1 aliphatic carbocycles. The Kier molecular flexibility index (Phi) is 8.14. The molecule has 0 radical (unpaired) electrons. The predicted octanol–water partition coefficient (Wildman–Crippen LogP) is 4.42. The summed E-state index contributed by atoms with van der Waals surface area (Å²) in [5.74, 6) is 0. The molecule has 3 rings (SSSR count). The largest absolute Gasteiger partial charge is 0.449 e. The number of amides is 1. The van der Waals surface area contributed by atoms with Gasteiger partial charge in [0.2, 0.25) is 0 Å². The summed E-state index contributed by atoms with van der Waals surface area (Å²) in [5.41, 5.74) is 6.08. The summed E-state index contributed by atoms with van der Waals surface area (Å²) in [5, 5.41) is 4.89. The molecule has 1 heterocycles. The molecule has 1 aliphatic heterocycles. The summed E-state index contributed by atoms with van der Waals surface area (Å²) in [6.07, 6.45) is 5.76. The van der Waals surface area contributed by atoms with Crippen LogP contribution in [0.4, 0.5) is 4.79 Å². The Balaban J connectivity index is 2.00. The number of nitrogens with one attached hydrogen (secondary N) is 1. The van der Waals surface area contributed by atoms with E-state index >= 15 is 0 Å². The molecule has 1 saturated heterocycles. The van der Waals surface area contributed by atoms with Crippen LogP contribution in [0.1, 0.15) is 38.2 Å². The molecule has 0 spiro atoms. The van der Waals surface area contributed by atoms with Crippen molar-refractivity contribution in [3.63, 3.8) is 0 Å². The van der Waals surface area contributed by atoms with Crippen molar-refractivity contribution in [3.05, 3.63) is 58.3 Å². The minimum Gasteiger partial charge on any atom is -0.449 e. The molecule has 0 bridgehead atoms. The lowest BCUT2D eigenvalue weighted by Crippen LogP contribution is -2.36. The summed E-state index contributed by atoms with van der Waals surface area (Å²) >= 11 is 6.97. The summed E-state index contributed by atoms with van der Waals surface area (Å²) < 4.78 is 10.5. The highest BCUT2D eigenvalue weighted by atomic mass is 35.5. The van der Waals surface area contributed by atoms with E-state index < -0.39 is 6.09 Å². The van der Waals surface area contributed by atoms with Gasteiger partial charge in [-0.1, -0.05) is 48.0 Å². The lowest BCUT2D eigenvalue weighted by Gasteiger charge is -2.32. The standard InChI is InChI=1S/C22H28ClN3O3/c1-2-29-22(27)25-24-21(17-9-5-3-6-10-17)20(23)18-11-7-4-8-12-19(18)26-13-15-28-16-14-26/h3,5-6,9-10,12H,2,4,7-8,11,13-16H2,1H3,(H,25,27)/b20-18-,24-21-. The second-order valence-corrected chi connectivity index (χ2v) is 7.26. The number of morpholine rings is 1. The smallest absolute Gasteiger partial charge is 0.427 e. The summed E-state index contributed by atoms with van der Waals surface area (Å²) in [7, 11) is 0. The number of carbonyl (C=O) groups is 1. The van der Waals surface area contributed by atoms with E-state index in [-0.39, 0.29) is 6.61 Å². The lowest BCUT2D eigenvalue weighted by molar-refractivity contribution is 0.0545. The molecule has 6 nitrogen and oxygen atoms in total. The van der Waals surface area contributed by atoms with Crippen LogP contribution in [0, 0.1) is 0 Å². The van der Waals surface area contributed by atoms with Crippen molar-refractivity contribution in [3.8, 4) is 0 Å². The SMILES string of the molecule is CCOC(=O)N/N=C(\C(Cl)=C1/CCCCC=C1N1CCOCC1)c1ccccc1. The number of allylic oxidation sites excluding steroid dienone is 3. The first-order chi connectivity index (χ1) is 14.2. The molecule has 1 aromatic rings. The van der Waals surface area contributed by atoms with Gasteiger partial charge in [0.15, 0.2) is 0 Å². The van der Waals surface area contributed by atoms with Crippen LogP contribution in [0.3, 0.4) is 0 Å². The number of hydrogen-bond donors (Lipinski definition) is 1. The van der Waals surface area contributed by atoms with E-state index in [0.717, 1.165) is 55.6 Å². The zero-order valence-corrected chi connectivity index (χ0v) is 17.6. The van der Waals surface area contributed by atoms with Crippen molar-refractivity contribution < 1.29 is 14.3 Å². The van der Waals surface area contributed by atoms with E-state index in [2.05, 4.69) is 21.5 Å². The third kappa shape index (κ3) is 5.84. The van der Waals surface area contributed by atoms with Crippen molar-refractivity contribution in [2.24, 2.45) is 5.10 Å². The Morgan fingerprint density at radius 1 is 1.24 bits per heavy atom. The average Bonchev–Trinajstić information content (AvgIpc) is 3.01. The fourth-order valence-electron chi connectivity index (χ4n) is 3.53. The van der Waals surface area contributed by atoms with E-state index in [0.29, 0.717) is 24.0 Å². The number of nitrogens with zero attached hydrogens (tertiary/aromatic N) is 2. The molecule has 1 amide bonds. The van der Waals surface area contributed by atoms with E-state index in [4.69, 9.17) is 21.1 Å². The molecule has 0 saturated carbocycles. The molecule has 1 aromatic carbocycles. The summed E-state index contributed by atoms with van der Waals surface area (Å²) in [4.78, 5) is 14.2. The Bertz CT molecular complexity index is 784. The normalized spacial score (nSPS) is 19.9. The van der Waals surface area contributed by atoms with Gasteiger partial charge in [0.1, 0.15) is 5.71 Å². The Morgan fingerprint density at radius 3 is 2.72 bits per heavy atom. The molecule has 0 aromatic heterocycles. The van der Waals surface area contributed by atoms with Crippen LogP contribution in [0.5, 0.6) is 0 Å². The molecule has 1 N–H and O–H groups in total. The van der Waals surface area contributed by atoms with Crippen molar-refractivity contribution in [2.75, 3.05) is 32.9 Å². The zero-order chi connectivity index (χ0) is 20.5. The second kappa shape index (κ2) is 11.0. The van der Waals surface area contributed by atoms with Crippen LogP contribution < -0.4 is 5.43 Å². The van der Waals surface area contributed by atoms with Gasteiger partial charge in [-0.05, 0) is 38.2 Å².